The van der Waals surface area contributed by atoms with E-state index >= 15 is 0 Å². The van der Waals surface area contributed by atoms with E-state index in [1.54, 1.807) is 0 Å². The maximum absolute atomic E-state index is 14.5. The first kappa shape index (κ1) is 42.5. The third kappa shape index (κ3) is 10.0. The van der Waals surface area contributed by atoms with Gasteiger partial charge < -0.3 is 45.6 Å². The molecule has 5 N–H and O–H groups in total. The molecule has 6 amide bonds. The van der Waals surface area contributed by atoms with Gasteiger partial charge in [0, 0.05) is 39.0 Å². The van der Waals surface area contributed by atoms with Gasteiger partial charge in [0.1, 0.15) is 59.7 Å². The summed E-state index contributed by atoms with van der Waals surface area (Å²) in [6, 6.07) is 0.222. The number of hydrogen-bond acceptors (Lipinski definition) is 10. The molecule has 3 fully saturated rings. The van der Waals surface area contributed by atoms with E-state index in [1.807, 2.05) is 6.92 Å². The predicted octanol–water partition coefficient (Wildman–Crippen LogP) is -0.0791. The van der Waals surface area contributed by atoms with Crippen LogP contribution >= 0.6 is 0 Å². The van der Waals surface area contributed by atoms with E-state index < -0.39 is 108 Å². The average Bonchev–Trinajstić information content (AvgIpc) is 3.74. The number of benzene rings is 2. The molecule has 2 aromatic carbocycles. The van der Waals surface area contributed by atoms with Crippen LogP contribution in [0.4, 0.5) is 8.78 Å². The van der Waals surface area contributed by atoms with Gasteiger partial charge in [-0.2, -0.15) is 0 Å². The second-order valence-corrected chi connectivity index (χ2v) is 15.2. The smallest absolute Gasteiger partial charge is 0.329 e. The van der Waals surface area contributed by atoms with Crippen molar-refractivity contribution in [1.29, 1.82) is 0 Å². The summed E-state index contributed by atoms with van der Waals surface area (Å²) >= 11 is 0. The molecule has 0 radical (unpaired) electrons. The van der Waals surface area contributed by atoms with Crippen molar-refractivity contribution < 1.29 is 57.3 Å². The van der Waals surface area contributed by atoms with Gasteiger partial charge in [0.2, 0.25) is 35.4 Å². The van der Waals surface area contributed by atoms with Crippen molar-refractivity contribution in [1.82, 2.24) is 30.7 Å². The number of nitrogens with one attached hydrogen (secondary N) is 3. The lowest BCUT2D eigenvalue weighted by molar-refractivity contribution is -0.162. The summed E-state index contributed by atoms with van der Waals surface area (Å²) in [7, 11) is 1.33. The molecule has 0 aliphatic carbocycles. The van der Waals surface area contributed by atoms with Crippen LogP contribution in [-0.2, 0) is 51.1 Å². The Morgan fingerprint density at radius 2 is 1.51 bits per heavy atom. The molecule has 3 aliphatic rings. The molecule has 3 heterocycles. The summed E-state index contributed by atoms with van der Waals surface area (Å²) < 4.78 is 34.3. The normalized spacial score (nSPS) is 28.0. The van der Waals surface area contributed by atoms with Gasteiger partial charge in [0.25, 0.3) is 0 Å². The number of halogens is 2. The second-order valence-electron chi connectivity index (χ2n) is 15.2. The Bertz CT molecular complexity index is 1880. The summed E-state index contributed by atoms with van der Waals surface area (Å²) in [4.78, 5) is 100. The highest BCUT2D eigenvalue weighted by molar-refractivity contribution is 5.98. The molecule has 308 valence electrons. The standard InChI is InChI=1S/C39H48F2N6O10/c1-19-10-31-39(56)57-22(4)33(38(55)47-18-28(49)16-30(47)37(54)45(5)21(3)34(51)42-20(2)36(53)46(31)17-19)44-35(52)29(13-24-11-25(40)15-26(41)12-24)43-32(50)14-23-6-8-27(48)9-7-23/h6-9,11-12,15,19-22,28-31,33,48-49H,10,13-14,16-18H2,1-5H3,(H,42,51)(H,43,50)(H,44,52)/t19-,20+,21+,22+,28-,29+,30+,31+,33+/m1/s1. The van der Waals surface area contributed by atoms with E-state index in [0.717, 1.165) is 21.9 Å². The van der Waals surface area contributed by atoms with Gasteiger partial charge in [-0.05, 0) is 68.5 Å². The van der Waals surface area contributed by atoms with Crippen molar-refractivity contribution in [3.05, 3.63) is 65.2 Å². The minimum Gasteiger partial charge on any atom is -0.508 e. The number of nitrogens with zero attached hydrogens (tertiary/aromatic N) is 3. The monoisotopic (exact) mass is 798 g/mol. The van der Waals surface area contributed by atoms with Crippen LogP contribution in [0.25, 0.3) is 0 Å². The van der Waals surface area contributed by atoms with Crippen LogP contribution < -0.4 is 16.0 Å². The molecule has 5 rings (SSSR count). The minimum absolute atomic E-state index is 0.0229. The Hall–Kier alpha value is -5.65. The Kier molecular flexibility index (Phi) is 13.2. The van der Waals surface area contributed by atoms with Crippen LogP contribution in [0.1, 0.15) is 51.7 Å². The van der Waals surface area contributed by atoms with Crippen molar-refractivity contribution in [2.45, 2.75) is 102 Å². The number of fused-ring (bicyclic) bond motifs is 2. The first-order chi connectivity index (χ1) is 26.8. The van der Waals surface area contributed by atoms with Gasteiger partial charge in [-0.3, -0.25) is 28.8 Å². The van der Waals surface area contributed by atoms with Crippen molar-refractivity contribution in [3.63, 3.8) is 0 Å². The third-order valence-electron chi connectivity index (χ3n) is 10.6. The number of phenols is 1. The van der Waals surface area contributed by atoms with Crippen LogP contribution in [0.3, 0.4) is 0 Å². The Morgan fingerprint density at radius 3 is 2.16 bits per heavy atom. The molecular weight excluding hydrogens is 750 g/mol. The average molecular weight is 799 g/mol. The summed E-state index contributed by atoms with van der Waals surface area (Å²) in [6.07, 6.45) is -3.44. The van der Waals surface area contributed by atoms with Crippen LogP contribution in [0.15, 0.2) is 42.5 Å². The van der Waals surface area contributed by atoms with Crippen LogP contribution in [0.2, 0.25) is 0 Å². The van der Waals surface area contributed by atoms with E-state index in [1.165, 1.54) is 57.0 Å². The van der Waals surface area contributed by atoms with E-state index in [9.17, 15) is 52.6 Å². The topological polar surface area (TPSA) is 215 Å². The lowest BCUT2D eigenvalue weighted by atomic mass is 10.0. The number of rotatable bonds is 7. The minimum atomic E-state index is -1.76. The summed E-state index contributed by atoms with van der Waals surface area (Å²) in [5.41, 5.74) is 0.433. The van der Waals surface area contributed by atoms with Gasteiger partial charge >= 0.3 is 5.97 Å². The van der Waals surface area contributed by atoms with Crippen LogP contribution in [0.5, 0.6) is 5.75 Å². The molecule has 2 aromatic rings. The molecule has 0 aromatic heterocycles. The second kappa shape index (κ2) is 17.7. The van der Waals surface area contributed by atoms with Crippen molar-refractivity contribution >= 4 is 41.4 Å². The number of carbonyl (C=O) groups excluding carboxylic acids is 7. The molecule has 0 bridgehead atoms. The molecule has 18 heteroatoms. The van der Waals surface area contributed by atoms with Gasteiger partial charge in [-0.1, -0.05) is 19.1 Å². The fourth-order valence-corrected chi connectivity index (χ4v) is 7.41. The van der Waals surface area contributed by atoms with E-state index in [4.69, 9.17) is 4.74 Å². The zero-order valence-corrected chi connectivity index (χ0v) is 32.2. The Morgan fingerprint density at radius 1 is 0.877 bits per heavy atom. The van der Waals surface area contributed by atoms with Crippen molar-refractivity contribution in [3.8, 4) is 5.75 Å². The Balaban J connectivity index is 1.51. The molecule has 0 unspecified atom stereocenters. The highest BCUT2D eigenvalue weighted by Crippen LogP contribution is 2.27. The van der Waals surface area contributed by atoms with Gasteiger partial charge in [-0.15, -0.1) is 0 Å². The highest BCUT2D eigenvalue weighted by Gasteiger charge is 2.47. The number of phenolic OH excluding ortho intramolecular Hbond substituents is 1. The number of carbonyl (C=O) groups is 7. The van der Waals surface area contributed by atoms with Crippen LogP contribution in [0, 0.1) is 17.6 Å². The molecule has 57 heavy (non-hydrogen) atoms. The molecular formula is C39H48F2N6O10. The number of esters is 1. The number of cyclic esters (lactones) is 1. The summed E-state index contributed by atoms with van der Waals surface area (Å²) in [6.45, 7) is 5.79. The number of ether oxygens (including phenoxy) is 1. The van der Waals surface area contributed by atoms with E-state index in [2.05, 4.69) is 16.0 Å². The molecule has 3 saturated heterocycles. The number of hydrogen-bond donors (Lipinski definition) is 5. The number of aliphatic hydroxyl groups is 1. The van der Waals surface area contributed by atoms with Gasteiger partial charge in [0.15, 0.2) is 0 Å². The molecule has 0 saturated carbocycles. The van der Waals surface area contributed by atoms with Gasteiger partial charge in [0.05, 0.1) is 12.5 Å². The quantitative estimate of drug-likeness (QED) is 0.235. The van der Waals surface area contributed by atoms with E-state index in [0.29, 0.717) is 11.6 Å². The van der Waals surface area contributed by atoms with Crippen molar-refractivity contribution in [2.24, 2.45) is 5.92 Å². The van der Waals surface area contributed by atoms with Crippen molar-refractivity contribution in [2.75, 3.05) is 20.1 Å². The largest absolute Gasteiger partial charge is 0.508 e. The maximum Gasteiger partial charge on any atom is 0.329 e. The Labute approximate surface area is 327 Å². The SMILES string of the molecule is C[C@@H]1C[C@H]2C(=O)O[C@@H](C)[C@H](NC(=O)[C@H](Cc3cc(F)cc(F)c3)NC(=O)Cc3ccc(O)cc3)C(=O)N3C[C@H](O)C[C@H]3C(=O)N(C)[C@@H](C)C(=O)N[C@@H](C)C(=O)N2C1. The fraction of sp³-hybridized carbons (Fsp3) is 0.513. The highest BCUT2D eigenvalue weighted by atomic mass is 19.1. The first-order valence-electron chi connectivity index (χ1n) is 18.7. The summed E-state index contributed by atoms with van der Waals surface area (Å²) in [5, 5.41) is 28.0. The number of aromatic hydroxyl groups is 1. The third-order valence-corrected chi connectivity index (χ3v) is 10.6. The first-order valence-corrected chi connectivity index (χ1v) is 18.7. The number of aliphatic hydroxyl groups excluding tert-OH is 1. The molecule has 9 atom stereocenters. The van der Waals surface area contributed by atoms with E-state index in [-0.39, 0.29) is 49.6 Å². The summed E-state index contributed by atoms with van der Waals surface area (Å²) in [5.74, 6) is -7.69. The lowest BCUT2D eigenvalue weighted by Gasteiger charge is -2.36. The fourth-order valence-electron chi connectivity index (χ4n) is 7.41. The molecule has 0 spiro atoms. The van der Waals surface area contributed by atoms with Gasteiger partial charge in [-0.25, -0.2) is 13.6 Å². The zero-order valence-electron chi connectivity index (χ0n) is 32.2. The predicted molar refractivity (Wildman–Crippen MR) is 197 cm³/mol. The molecule has 3 aliphatic heterocycles. The van der Waals surface area contributed by atoms with Crippen LogP contribution in [-0.4, -0.2) is 135 Å². The molecule has 16 nitrogen and oxygen atoms in total. The zero-order chi connectivity index (χ0) is 41.9. The lowest BCUT2D eigenvalue weighted by Crippen LogP contribution is -2.62. The number of likely N-dealkylation sites (N-methyl/N-ethyl adjacent to an activating group) is 1. The number of amides is 6. The maximum atomic E-state index is 14.5.